The standard InChI is InChI=1S/C13H19N5O/c1-4-11-8-6-9(12(14)19-3)16-7-10(8)17-13(15)18(11)5-2/h6-7,11,14H,4-5H2,1-3H3,(H2,15,17). The molecular weight excluding hydrogens is 242 g/mol. The minimum Gasteiger partial charge on any atom is -0.480 e. The fraction of sp³-hybridized carbons (Fsp3) is 0.462. The summed E-state index contributed by atoms with van der Waals surface area (Å²) in [5, 5.41) is 7.69. The molecule has 2 heterocycles. The molecule has 0 aliphatic carbocycles. The molecular formula is C13H19N5O. The number of hydrogen-bond donors (Lipinski definition) is 2. The third-order valence-corrected chi connectivity index (χ3v) is 3.34. The third-order valence-electron chi connectivity index (χ3n) is 3.34. The fourth-order valence-electron chi connectivity index (χ4n) is 2.39. The van der Waals surface area contributed by atoms with Crippen molar-refractivity contribution in [3.05, 3.63) is 23.5 Å². The summed E-state index contributed by atoms with van der Waals surface area (Å²) in [7, 11) is 1.47. The van der Waals surface area contributed by atoms with Crippen molar-refractivity contribution in [3.63, 3.8) is 0 Å². The van der Waals surface area contributed by atoms with Crippen LogP contribution < -0.4 is 5.73 Å². The van der Waals surface area contributed by atoms with Crippen LogP contribution in [0.5, 0.6) is 0 Å². The molecule has 1 aliphatic rings. The second-order valence-electron chi connectivity index (χ2n) is 4.34. The zero-order chi connectivity index (χ0) is 14.0. The predicted octanol–water partition coefficient (Wildman–Crippen LogP) is 1.79. The zero-order valence-corrected chi connectivity index (χ0v) is 11.5. The minimum absolute atomic E-state index is 0.0585. The summed E-state index contributed by atoms with van der Waals surface area (Å²) in [6.07, 6.45) is 2.57. The number of rotatable bonds is 3. The Morgan fingerprint density at radius 1 is 1.53 bits per heavy atom. The molecule has 1 aliphatic heterocycles. The van der Waals surface area contributed by atoms with Crippen molar-refractivity contribution in [1.29, 1.82) is 5.41 Å². The lowest BCUT2D eigenvalue weighted by Crippen LogP contribution is -2.41. The second kappa shape index (κ2) is 5.26. The quantitative estimate of drug-likeness (QED) is 0.641. The van der Waals surface area contributed by atoms with Crippen molar-refractivity contribution < 1.29 is 4.74 Å². The van der Waals surface area contributed by atoms with Crippen LogP contribution in [-0.4, -0.2) is 35.4 Å². The Bertz CT molecular complexity index is 526. The number of hydrogen-bond acceptors (Lipinski definition) is 6. The summed E-state index contributed by atoms with van der Waals surface area (Å²) < 4.78 is 4.92. The highest BCUT2D eigenvalue weighted by molar-refractivity contribution is 5.91. The van der Waals surface area contributed by atoms with Gasteiger partial charge in [0.05, 0.1) is 25.0 Å². The van der Waals surface area contributed by atoms with Crippen LogP contribution in [0.4, 0.5) is 5.69 Å². The number of nitrogens with two attached hydrogens (primary N) is 1. The number of ether oxygens (including phenoxy) is 1. The monoisotopic (exact) mass is 261 g/mol. The van der Waals surface area contributed by atoms with E-state index in [9.17, 15) is 0 Å². The summed E-state index contributed by atoms with van der Waals surface area (Å²) in [5.74, 6) is 0.585. The fourth-order valence-corrected chi connectivity index (χ4v) is 2.39. The molecule has 1 unspecified atom stereocenters. The molecule has 1 aromatic rings. The first kappa shape index (κ1) is 13.3. The Hall–Kier alpha value is -2.11. The van der Waals surface area contributed by atoms with E-state index in [1.54, 1.807) is 6.20 Å². The van der Waals surface area contributed by atoms with Gasteiger partial charge in [0.25, 0.3) is 0 Å². The molecule has 0 spiro atoms. The summed E-state index contributed by atoms with van der Waals surface area (Å²) in [6.45, 7) is 4.96. The van der Waals surface area contributed by atoms with E-state index in [0.717, 1.165) is 24.2 Å². The minimum atomic E-state index is 0.0585. The molecule has 2 rings (SSSR count). The molecule has 6 nitrogen and oxygen atoms in total. The van der Waals surface area contributed by atoms with Crippen LogP contribution in [0.2, 0.25) is 0 Å². The van der Waals surface area contributed by atoms with Gasteiger partial charge in [-0.15, -0.1) is 0 Å². The summed E-state index contributed by atoms with van der Waals surface area (Å²) in [6, 6.07) is 2.04. The van der Waals surface area contributed by atoms with Crippen LogP contribution in [0.1, 0.15) is 37.6 Å². The van der Waals surface area contributed by atoms with Crippen LogP contribution >= 0.6 is 0 Å². The topological polar surface area (TPSA) is 87.6 Å². The highest BCUT2D eigenvalue weighted by Crippen LogP contribution is 2.35. The molecule has 0 amide bonds. The summed E-state index contributed by atoms with van der Waals surface area (Å²) in [5.41, 5.74) is 8.32. The first-order valence-corrected chi connectivity index (χ1v) is 6.36. The molecule has 19 heavy (non-hydrogen) atoms. The maximum Gasteiger partial charge on any atom is 0.232 e. The predicted molar refractivity (Wildman–Crippen MR) is 74.8 cm³/mol. The highest BCUT2D eigenvalue weighted by Gasteiger charge is 2.27. The summed E-state index contributed by atoms with van der Waals surface area (Å²) >= 11 is 0. The summed E-state index contributed by atoms with van der Waals surface area (Å²) in [4.78, 5) is 10.6. The lowest BCUT2D eigenvalue weighted by atomic mass is 9.99. The van der Waals surface area contributed by atoms with E-state index in [1.165, 1.54) is 7.11 Å². The van der Waals surface area contributed by atoms with E-state index in [0.29, 0.717) is 11.7 Å². The van der Waals surface area contributed by atoms with Crippen molar-refractivity contribution in [2.75, 3.05) is 13.7 Å². The molecule has 1 aromatic heterocycles. The van der Waals surface area contributed by atoms with Crippen molar-refractivity contribution in [3.8, 4) is 0 Å². The zero-order valence-electron chi connectivity index (χ0n) is 11.5. The van der Waals surface area contributed by atoms with E-state index >= 15 is 0 Å². The molecule has 6 heteroatoms. The van der Waals surface area contributed by atoms with Crippen molar-refractivity contribution in [1.82, 2.24) is 9.88 Å². The Kier molecular flexibility index (Phi) is 3.69. The number of nitrogens with zero attached hydrogens (tertiary/aromatic N) is 3. The molecule has 0 bridgehead atoms. The Labute approximate surface area is 112 Å². The van der Waals surface area contributed by atoms with Crippen LogP contribution in [-0.2, 0) is 4.74 Å². The molecule has 102 valence electrons. The van der Waals surface area contributed by atoms with Gasteiger partial charge in [0.15, 0.2) is 5.96 Å². The van der Waals surface area contributed by atoms with E-state index in [1.807, 2.05) is 6.07 Å². The van der Waals surface area contributed by atoms with Gasteiger partial charge >= 0.3 is 0 Å². The lowest BCUT2D eigenvalue weighted by molar-refractivity contribution is 0.313. The first-order valence-electron chi connectivity index (χ1n) is 6.36. The number of pyridine rings is 1. The number of methoxy groups -OCH3 is 1. The maximum atomic E-state index is 7.69. The molecule has 0 saturated heterocycles. The number of aliphatic imine (C=N–C) groups is 1. The van der Waals surface area contributed by atoms with E-state index in [4.69, 9.17) is 15.9 Å². The van der Waals surface area contributed by atoms with E-state index in [2.05, 4.69) is 28.7 Å². The maximum absolute atomic E-state index is 7.69. The molecule has 0 radical (unpaired) electrons. The average molecular weight is 261 g/mol. The number of aromatic nitrogens is 1. The van der Waals surface area contributed by atoms with Gasteiger partial charge < -0.3 is 15.4 Å². The van der Waals surface area contributed by atoms with Crippen LogP contribution in [0, 0.1) is 5.41 Å². The smallest absolute Gasteiger partial charge is 0.232 e. The van der Waals surface area contributed by atoms with Crippen LogP contribution in [0.15, 0.2) is 17.3 Å². The molecule has 0 fully saturated rings. The SMILES string of the molecule is CCC1c2cc(C(=N)OC)ncc2N=C(N)N1CC. The van der Waals surface area contributed by atoms with Gasteiger partial charge in [-0.3, -0.25) is 5.41 Å². The van der Waals surface area contributed by atoms with Gasteiger partial charge in [-0.2, -0.15) is 0 Å². The number of guanidine groups is 1. The van der Waals surface area contributed by atoms with Crippen LogP contribution in [0.25, 0.3) is 0 Å². The average Bonchev–Trinajstić information content (AvgIpc) is 2.44. The molecule has 0 saturated carbocycles. The third kappa shape index (κ3) is 2.25. The van der Waals surface area contributed by atoms with Crippen molar-refractivity contribution in [2.45, 2.75) is 26.3 Å². The number of fused-ring (bicyclic) bond motifs is 1. The van der Waals surface area contributed by atoms with Crippen molar-refractivity contribution >= 4 is 17.5 Å². The first-order chi connectivity index (χ1) is 9.12. The normalized spacial score (nSPS) is 17.7. The van der Waals surface area contributed by atoms with Gasteiger partial charge in [0, 0.05) is 12.1 Å². The van der Waals surface area contributed by atoms with Crippen LogP contribution in [0.3, 0.4) is 0 Å². The van der Waals surface area contributed by atoms with Gasteiger partial charge in [-0.25, -0.2) is 9.98 Å². The largest absolute Gasteiger partial charge is 0.480 e. The number of nitrogens with one attached hydrogen (secondary N) is 1. The molecule has 3 N–H and O–H groups in total. The van der Waals surface area contributed by atoms with E-state index < -0.39 is 0 Å². The highest BCUT2D eigenvalue weighted by atomic mass is 16.5. The van der Waals surface area contributed by atoms with Crippen molar-refractivity contribution in [2.24, 2.45) is 10.7 Å². The van der Waals surface area contributed by atoms with Gasteiger partial charge in [0.2, 0.25) is 5.90 Å². The molecule has 1 atom stereocenters. The van der Waals surface area contributed by atoms with Gasteiger partial charge in [-0.05, 0) is 19.4 Å². The van der Waals surface area contributed by atoms with Gasteiger partial charge in [-0.1, -0.05) is 6.92 Å². The van der Waals surface area contributed by atoms with Gasteiger partial charge in [0.1, 0.15) is 5.69 Å². The Balaban J connectivity index is 2.51. The lowest BCUT2D eigenvalue weighted by Gasteiger charge is -2.35. The second-order valence-corrected chi connectivity index (χ2v) is 4.34. The Morgan fingerprint density at radius 3 is 2.84 bits per heavy atom. The molecule has 0 aromatic carbocycles. The Morgan fingerprint density at radius 2 is 2.26 bits per heavy atom. The van der Waals surface area contributed by atoms with E-state index in [-0.39, 0.29) is 11.9 Å².